The summed E-state index contributed by atoms with van der Waals surface area (Å²) in [4.78, 5) is 7.64. The summed E-state index contributed by atoms with van der Waals surface area (Å²) in [6.07, 6.45) is 1.76. The molecule has 0 saturated carbocycles. The zero-order chi connectivity index (χ0) is 13.9. The lowest BCUT2D eigenvalue weighted by atomic mass is 10.1. The fourth-order valence-electron chi connectivity index (χ4n) is 2.07. The van der Waals surface area contributed by atoms with Crippen molar-refractivity contribution >= 4 is 5.69 Å². The molecule has 3 rings (SSSR count). The van der Waals surface area contributed by atoms with Gasteiger partial charge in [0.25, 0.3) is 0 Å². The SMILES string of the molecule is CNc1cccc(-c2ncc(-c3ccc(F)cc3)[nH]2)c1. The van der Waals surface area contributed by atoms with Gasteiger partial charge in [-0.2, -0.15) is 0 Å². The van der Waals surface area contributed by atoms with Gasteiger partial charge in [-0.15, -0.1) is 0 Å². The molecule has 0 fully saturated rings. The maximum atomic E-state index is 12.9. The highest BCUT2D eigenvalue weighted by atomic mass is 19.1. The van der Waals surface area contributed by atoms with E-state index >= 15 is 0 Å². The third-order valence-electron chi connectivity index (χ3n) is 3.16. The summed E-state index contributed by atoms with van der Waals surface area (Å²) in [6.45, 7) is 0. The van der Waals surface area contributed by atoms with Crippen LogP contribution in [-0.4, -0.2) is 17.0 Å². The highest BCUT2D eigenvalue weighted by Gasteiger charge is 2.06. The summed E-state index contributed by atoms with van der Waals surface area (Å²) in [5.41, 5.74) is 3.82. The molecule has 1 aromatic heterocycles. The maximum absolute atomic E-state index is 12.9. The number of H-pyrrole nitrogens is 1. The van der Waals surface area contributed by atoms with Crippen molar-refractivity contribution in [2.75, 3.05) is 12.4 Å². The molecular formula is C16H14FN3. The Morgan fingerprint density at radius 1 is 1.05 bits per heavy atom. The third-order valence-corrected chi connectivity index (χ3v) is 3.16. The third kappa shape index (κ3) is 2.40. The van der Waals surface area contributed by atoms with Crippen molar-refractivity contribution in [3.63, 3.8) is 0 Å². The first-order valence-corrected chi connectivity index (χ1v) is 6.35. The Morgan fingerprint density at radius 2 is 1.85 bits per heavy atom. The van der Waals surface area contributed by atoms with Crippen molar-refractivity contribution in [1.82, 2.24) is 9.97 Å². The molecule has 0 bridgehead atoms. The van der Waals surface area contributed by atoms with Crippen LogP contribution in [0.1, 0.15) is 0 Å². The molecule has 0 spiro atoms. The Kier molecular flexibility index (Phi) is 3.21. The van der Waals surface area contributed by atoms with Gasteiger partial charge in [0.2, 0.25) is 0 Å². The largest absolute Gasteiger partial charge is 0.388 e. The zero-order valence-electron chi connectivity index (χ0n) is 11.0. The predicted molar refractivity (Wildman–Crippen MR) is 79.0 cm³/mol. The Hall–Kier alpha value is -2.62. The lowest BCUT2D eigenvalue weighted by Gasteiger charge is -2.02. The van der Waals surface area contributed by atoms with Crippen molar-refractivity contribution in [2.45, 2.75) is 0 Å². The fourth-order valence-corrected chi connectivity index (χ4v) is 2.07. The van der Waals surface area contributed by atoms with Gasteiger partial charge in [0, 0.05) is 18.3 Å². The van der Waals surface area contributed by atoms with E-state index < -0.39 is 0 Å². The van der Waals surface area contributed by atoms with Crippen molar-refractivity contribution in [2.24, 2.45) is 0 Å². The van der Waals surface area contributed by atoms with Gasteiger partial charge in [0.05, 0.1) is 11.9 Å². The fraction of sp³-hybridized carbons (Fsp3) is 0.0625. The van der Waals surface area contributed by atoms with E-state index in [4.69, 9.17) is 0 Å². The monoisotopic (exact) mass is 267 g/mol. The van der Waals surface area contributed by atoms with Gasteiger partial charge in [-0.25, -0.2) is 9.37 Å². The van der Waals surface area contributed by atoms with E-state index in [1.165, 1.54) is 12.1 Å². The minimum absolute atomic E-state index is 0.241. The molecule has 3 aromatic rings. The maximum Gasteiger partial charge on any atom is 0.137 e. The quantitative estimate of drug-likeness (QED) is 0.755. The molecule has 4 heteroatoms. The summed E-state index contributed by atoms with van der Waals surface area (Å²) in [6, 6.07) is 14.3. The zero-order valence-corrected chi connectivity index (χ0v) is 11.0. The van der Waals surface area contributed by atoms with Crippen molar-refractivity contribution in [3.05, 3.63) is 60.5 Å². The number of nitrogens with zero attached hydrogens (tertiary/aromatic N) is 1. The summed E-state index contributed by atoms with van der Waals surface area (Å²) < 4.78 is 12.9. The number of rotatable bonds is 3. The van der Waals surface area contributed by atoms with Crippen molar-refractivity contribution < 1.29 is 4.39 Å². The van der Waals surface area contributed by atoms with Crippen LogP contribution in [0.15, 0.2) is 54.7 Å². The molecule has 2 N–H and O–H groups in total. The summed E-state index contributed by atoms with van der Waals surface area (Å²) >= 11 is 0. The van der Waals surface area contributed by atoms with E-state index in [-0.39, 0.29) is 5.82 Å². The number of aromatic amines is 1. The van der Waals surface area contributed by atoms with Crippen LogP contribution in [0.5, 0.6) is 0 Å². The number of aromatic nitrogens is 2. The van der Waals surface area contributed by atoms with Crippen LogP contribution >= 0.6 is 0 Å². The molecule has 1 heterocycles. The minimum Gasteiger partial charge on any atom is -0.388 e. The number of hydrogen-bond acceptors (Lipinski definition) is 2. The predicted octanol–water partition coefficient (Wildman–Crippen LogP) is 3.92. The van der Waals surface area contributed by atoms with Crippen LogP contribution in [0.25, 0.3) is 22.6 Å². The van der Waals surface area contributed by atoms with Crippen LogP contribution in [-0.2, 0) is 0 Å². The summed E-state index contributed by atoms with van der Waals surface area (Å²) in [7, 11) is 1.88. The van der Waals surface area contributed by atoms with Gasteiger partial charge in [0.15, 0.2) is 0 Å². The molecule has 2 aromatic carbocycles. The molecule has 20 heavy (non-hydrogen) atoms. The first-order valence-electron chi connectivity index (χ1n) is 6.35. The number of nitrogens with one attached hydrogen (secondary N) is 2. The summed E-state index contributed by atoms with van der Waals surface area (Å²) in [5, 5.41) is 3.10. The Labute approximate surface area is 116 Å². The van der Waals surface area contributed by atoms with Crippen molar-refractivity contribution in [3.8, 4) is 22.6 Å². The van der Waals surface area contributed by atoms with Gasteiger partial charge in [-0.1, -0.05) is 12.1 Å². The number of hydrogen-bond donors (Lipinski definition) is 2. The number of anilines is 1. The standard InChI is InChI=1S/C16H14FN3/c1-18-14-4-2-3-12(9-14)16-19-10-15(20-16)11-5-7-13(17)8-6-11/h2-10,18H,1H3,(H,19,20). The van der Waals surface area contributed by atoms with E-state index in [0.717, 1.165) is 28.3 Å². The van der Waals surface area contributed by atoms with E-state index in [0.29, 0.717) is 0 Å². The minimum atomic E-state index is -0.241. The molecule has 3 nitrogen and oxygen atoms in total. The average molecular weight is 267 g/mol. The number of benzene rings is 2. The lowest BCUT2D eigenvalue weighted by Crippen LogP contribution is -1.88. The first kappa shape index (κ1) is 12.4. The molecule has 0 saturated heterocycles. The molecule has 0 aliphatic carbocycles. The highest BCUT2D eigenvalue weighted by molar-refractivity contribution is 5.67. The molecule has 0 amide bonds. The number of halogens is 1. The highest BCUT2D eigenvalue weighted by Crippen LogP contribution is 2.24. The first-order chi connectivity index (χ1) is 9.76. The smallest absolute Gasteiger partial charge is 0.137 e. The molecular weight excluding hydrogens is 253 g/mol. The van der Waals surface area contributed by atoms with E-state index in [2.05, 4.69) is 15.3 Å². The van der Waals surface area contributed by atoms with Crippen LogP contribution in [0, 0.1) is 5.82 Å². The van der Waals surface area contributed by atoms with E-state index in [1.807, 2.05) is 31.3 Å². The second-order valence-electron chi connectivity index (χ2n) is 4.48. The molecule has 0 atom stereocenters. The van der Waals surface area contributed by atoms with Crippen LogP contribution in [0.2, 0.25) is 0 Å². The molecule has 0 aliphatic rings. The average Bonchev–Trinajstić information content (AvgIpc) is 2.98. The lowest BCUT2D eigenvalue weighted by molar-refractivity contribution is 0.628. The topological polar surface area (TPSA) is 40.7 Å². The van der Waals surface area contributed by atoms with Crippen molar-refractivity contribution in [1.29, 1.82) is 0 Å². The van der Waals surface area contributed by atoms with Gasteiger partial charge >= 0.3 is 0 Å². The molecule has 0 radical (unpaired) electrons. The second-order valence-corrected chi connectivity index (χ2v) is 4.48. The summed E-state index contributed by atoms with van der Waals surface area (Å²) in [5.74, 6) is 0.552. The van der Waals surface area contributed by atoms with Crippen LogP contribution < -0.4 is 5.32 Å². The van der Waals surface area contributed by atoms with Gasteiger partial charge in [-0.3, -0.25) is 0 Å². The van der Waals surface area contributed by atoms with Gasteiger partial charge in [-0.05, 0) is 42.0 Å². The van der Waals surface area contributed by atoms with Crippen LogP contribution in [0.3, 0.4) is 0 Å². The molecule has 0 unspecified atom stereocenters. The second kappa shape index (κ2) is 5.17. The van der Waals surface area contributed by atoms with Gasteiger partial charge in [0.1, 0.15) is 11.6 Å². The Bertz CT molecular complexity index is 717. The van der Waals surface area contributed by atoms with E-state index in [9.17, 15) is 4.39 Å². The normalized spacial score (nSPS) is 10.5. The Balaban J connectivity index is 1.95. The Morgan fingerprint density at radius 3 is 2.60 bits per heavy atom. The van der Waals surface area contributed by atoms with Crippen LogP contribution in [0.4, 0.5) is 10.1 Å². The van der Waals surface area contributed by atoms with E-state index in [1.54, 1.807) is 18.3 Å². The number of imidazole rings is 1. The molecule has 100 valence electrons. The van der Waals surface area contributed by atoms with Gasteiger partial charge < -0.3 is 10.3 Å². The molecule has 0 aliphatic heterocycles.